The first-order chi connectivity index (χ1) is 6.08. The fraction of sp³-hybridized carbons (Fsp3) is 1.00. The van der Waals surface area contributed by atoms with E-state index < -0.39 is 0 Å². The van der Waals surface area contributed by atoms with Crippen molar-refractivity contribution < 1.29 is 4.74 Å². The Morgan fingerprint density at radius 3 is 2.62 bits per heavy atom. The van der Waals surface area contributed by atoms with Gasteiger partial charge in [-0.2, -0.15) is 0 Å². The van der Waals surface area contributed by atoms with Gasteiger partial charge in [-0.05, 0) is 20.9 Å². The van der Waals surface area contributed by atoms with E-state index in [2.05, 4.69) is 30.7 Å². The number of likely N-dealkylation sites (N-methyl/N-ethyl adjacent to an activating group) is 1. The van der Waals surface area contributed by atoms with E-state index in [-0.39, 0.29) is 0 Å². The largest absolute Gasteiger partial charge is 0.372 e. The standard InChI is InChI=1S/C10H20N2O/c1-10(2)8-12(5-4-11(10)3)6-9-7-13-9/h9H,4-8H2,1-3H3. The Kier molecular flexibility index (Phi) is 2.34. The number of ether oxygens (including phenoxy) is 1. The number of epoxide rings is 1. The number of nitrogens with zero attached hydrogens (tertiary/aromatic N) is 2. The van der Waals surface area contributed by atoms with Gasteiger partial charge in [0.2, 0.25) is 0 Å². The average Bonchev–Trinajstić information content (AvgIpc) is 2.80. The molecule has 0 aliphatic carbocycles. The molecule has 3 nitrogen and oxygen atoms in total. The predicted octanol–water partition coefficient (Wildman–Crippen LogP) is 0.411. The topological polar surface area (TPSA) is 19.0 Å². The second-order valence-electron chi connectivity index (χ2n) is 4.92. The molecule has 0 radical (unpaired) electrons. The molecule has 1 unspecified atom stereocenters. The van der Waals surface area contributed by atoms with Crippen molar-refractivity contribution in [2.75, 3.05) is 39.8 Å². The lowest BCUT2D eigenvalue weighted by Crippen LogP contribution is -2.58. The van der Waals surface area contributed by atoms with Crippen molar-refractivity contribution in [3.8, 4) is 0 Å². The van der Waals surface area contributed by atoms with E-state index in [1.165, 1.54) is 19.6 Å². The van der Waals surface area contributed by atoms with Crippen LogP contribution in [-0.4, -0.2) is 61.3 Å². The second kappa shape index (κ2) is 3.23. The van der Waals surface area contributed by atoms with E-state index in [1.807, 2.05) is 0 Å². The minimum absolute atomic E-state index is 0.327. The summed E-state index contributed by atoms with van der Waals surface area (Å²) in [5.74, 6) is 0. The zero-order chi connectivity index (χ0) is 9.47. The van der Waals surface area contributed by atoms with Gasteiger partial charge in [0.15, 0.2) is 0 Å². The summed E-state index contributed by atoms with van der Waals surface area (Å²) in [4.78, 5) is 4.97. The fourth-order valence-corrected chi connectivity index (χ4v) is 1.96. The van der Waals surface area contributed by atoms with Gasteiger partial charge in [-0.1, -0.05) is 0 Å². The van der Waals surface area contributed by atoms with Crippen molar-refractivity contribution >= 4 is 0 Å². The van der Waals surface area contributed by atoms with E-state index >= 15 is 0 Å². The van der Waals surface area contributed by atoms with Crippen molar-refractivity contribution in [1.29, 1.82) is 0 Å². The number of piperazine rings is 1. The molecule has 0 aromatic heterocycles. The quantitative estimate of drug-likeness (QED) is 0.579. The summed E-state index contributed by atoms with van der Waals surface area (Å²) in [5.41, 5.74) is 0.327. The molecular weight excluding hydrogens is 164 g/mol. The van der Waals surface area contributed by atoms with E-state index in [0.29, 0.717) is 11.6 Å². The summed E-state index contributed by atoms with van der Waals surface area (Å²) in [7, 11) is 2.21. The van der Waals surface area contributed by atoms with Gasteiger partial charge in [0.1, 0.15) is 0 Å². The van der Waals surface area contributed by atoms with Crippen LogP contribution in [0.1, 0.15) is 13.8 Å². The van der Waals surface area contributed by atoms with Crippen molar-refractivity contribution in [3.63, 3.8) is 0 Å². The van der Waals surface area contributed by atoms with Gasteiger partial charge in [0.05, 0.1) is 12.7 Å². The number of hydrogen-bond acceptors (Lipinski definition) is 3. The van der Waals surface area contributed by atoms with Gasteiger partial charge in [-0.3, -0.25) is 9.80 Å². The summed E-state index contributed by atoms with van der Waals surface area (Å²) in [6.07, 6.45) is 0.541. The Bertz CT molecular complexity index is 189. The van der Waals surface area contributed by atoms with Crippen LogP contribution in [-0.2, 0) is 4.74 Å². The molecule has 0 N–H and O–H groups in total. The van der Waals surface area contributed by atoms with Crippen molar-refractivity contribution in [2.45, 2.75) is 25.5 Å². The Hall–Kier alpha value is -0.120. The van der Waals surface area contributed by atoms with Crippen LogP contribution in [0.5, 0.6) is 0 Å². The van der Waals surface area contributed by atoms with E-state index in [4.69, 9.17) is 4.74 Å². The maximum absolute atomic E-state index is 5.25. The van der Waals surface area contributed by atoms with Crippen LogP contribution in [0, 0.1) is 0 Å². The summed E-state index contributed by atoms with van der Waals surface area (Å²) < 4.78 is 5.25. The van der Waals surface area contributed by atoms with Gasteiger partial charge >= 0.3 is 0 Å². The zero-order valence-corrected chi connectivity index (χ0v) is 8.92. The van der Waals surface area contributed by atoms with Gasteiger partial charge < -0.3 is 4.74 Å². The average molecular weight is 184 g/mol. The minimum atomic E-state index is 0.327. The van der Waals surface area contributed by atoms with E-state index in [0.717, 1.165) is 13.2 Å². The molecule has 0 amide bonds. The number of rotatable bonds is 2. The van der Waals surface area contributed by atoms with Crippen LogP contribution >= 0.6 is 0 Å². The van der Waals surface area contributed by atoms with E-state index in [9.17, 15) is 0 Å². The third-order valence-electron chi connectivity index (χ3n) is 3.26. The molecule has 0 spiro atoms. The molecule has 2 rings (SSSR count). The first kappa shape index (κ1) is 9.44. The molecule has 2 aliphatic heterocycles. The third-order valence-corrected chi connectivity index (χ3v) is 3.26. The molecule has 0 saturated carbocycles. The van der Waals surface area contributed by atoms with Gasteiger partial charge in [-0.15, -0.1) is 0 Å². The summed E-state index contributed by atoms with van der Waals surface area (Å²) in [5, 5.41) is 0. The smallest absolute Gasteiger partial charge is 0.0936 e. The van der Waals surface area contributed by atoms with Crippen LogP contribution in [0.2, 0.25) is 0 Å². The first-order valence-corrected chi connectivity index (χ1v) is 5.13. The third kappa shape index (κ3) is 2.22. The molecule has 0 aromatic rings. The molecule has 2 heterocycles. The number of hydrogen-bond donors (Lipinski definition) is 0. The molecule has 2 fully saturated rings. The molecule has 0 bridgehead atoms. The maximum atomic E-state index is 5.25. The molecule has 13 heavy (non-hydrogen) atoms. The normalized spacial score (nSPS) is 34.8. The summed E-state index contributed by atoms with van der Waals surface area (Å²) >= 11 is 0. The molecule has 76 valence electrons. The molecule has 0 aromatic carbocycles. The highest BCUT2D eigenvalue weighted by Gasteiger charge is 2.34. The first-order valence-electron chi connectivity index (χ1n) is 5.13. The van der Waals surface area contributed by atoms with Gasteiger partial charge in [0.25, 0.3) is 0 Å². The zero-order valence-electron chi connectivity index (χ0n) is 8.92. The molecule has 2 aliphatic rings. The highest BCUT2D eigenvalue weighted by molar-refractivity contribution is 4.89. The molecule has 1 atom stereocenters. The Balaban J connectivity index is 1.86. The fourth-order valence-electron chi connectivity index (χ4n) is 1.96. The molecular formula is C10H20N2O. The van der Waals surface area contributed by atoms with Crippen LogP contribution < -0.4 is 0 Å². The van der Waals surface area contributed by atoms with Crippen LogP contribution in [0.15, 0.2) is 0 Å². The highest BCUT2D eigenvalue weighted by Crippen LogP contribution is 2.20. The van der Waals surface area contributed by atoms with Crippen molar-refractivity contribution in [1.82, 2.24) is 9.80 Å². The van der Waals surface area contributed by atoms with Crippen molar-refractivity contribution in [2.24, 2.45) is 0 Å². The van der Waals surface area contributed by atoms with Gasteiger partial charge in [0, 0.05) is 31.7 Å². The lowest BCUT2D eigenvalue weighted by molar-refractivity contribution is 0.0368. The molecule has 3 heteroatoms. The second-order valence-corrected chi connectivity index (χ2v) is 4.92. The predicted molar refractivity (Wildman–Crippen MR) is 52.9 cm³/mol. The summed E-state index contributed by atoms with van der Waals surface area (Å²) in [6, 6.07) is 0. The Labute approximate surface area is 80.6 Å². The Morgan fingerprint density at radius 1 is 1.38 bits per heavy atom. The van der Waals surface area contributed by atoms with Gasteiger partial charge in [-0.25, -0.2) is 0 Å². The van der Waals surface area contributed by atoms with Crippen LogP contribution in [0.3, 0.4) is 0 Å². The monoisotopic (exact) mass is 184 g/mol. The highest BCUT2D eigenvalue weighted by atomic mass is 16.6. The van der Waals surface area contributed by atoms with Crippen molar-refractivity contribution in [3.05, 3.63) is 0 Å². The van der Waals surface area contributed by atoms with Crippen LogP contribution in [0.4, 0.5) is 0 Å². The minimum Gasteiger partial charge on any atom is -0.372 e. The lowest BCUT2D eigenvalue weighted by Gasteiger charge is -2.45. The van der Waals surface area contributed by atoms with Crippen LogP contribution in [0.25, 0.3) is 0 Å². The lowest BCUT2D eigenvalue weighted by atomic mass is 10.00. The Morgan fingerprint density at radius 2 is 2.08 bits per heavy atom. The summed E-state index contributed by atoms with van der Waals surface area (Å²) in [6.45, 7) is 10.3. The maximum Gasteiger partial charge on any atom is 0.0936 e. The SMILES string of the molecule is CN1CCN(CC2CO2)CC1(C)C. The molecule has 2 saturated heterocycles. The van der Waals surface area contributed by atoms with E-state index in [1.54, 1.807) is 0 Å².